The van der Waals surface area contributed by atoms with Crippen LogP contribution in [0.2, 0.25) is 0 Å². The summed E-state index contributed by atoms with van der Waals surface area (Å²) in [6.45, 7) is 0. The van der Waals surface area contributed by atoms with Crippen molar-refractivity contribution in [1.29, 1.82) is 0 Å². The van der Waals surface area contributed by atoms with E-state index in [-0.39, 0.29) is 11.2 Å². The van der Waals surface area contributed by atoms with Gasteiger partial charge in [-0.05, 0) is 30.3 Å². The minimum absolute atomic E-state index is 0.120. The molecule has 0 spiro atoms. The maximum atomic E-state index is 14.1. The molecule has 4 aromatic rings. The molecule has 3 N–H and O–H groups in total. The van der Waals surface area contributed by atoms with Crippen LogP contribution < -0.4 is 16.6 Å². The Morgan fingerprint density at radius 2 is 1.75 bits per heavy atom. The van der Waals surface area contributed by atoms with Gasteiger partial charge in [0, 0.05) is 55.1 Å². The first-order chi connectivity index (χ1) is 13.3. The Balaban J connectivity index is 1.94. The molecule has 0 saturated heterocycles. The molecule has 2 aromatic carbocycles. The van der Waals surface area contributed by atoms with E-state index in [9.17, 15) is 13.6 Å². The van der Waals surface area contributed by atoms with Crippen molar-refractivity contribution >= 4 is 28.0 Å². The Morgan fingerprint density at radius 1 is 1.00 bits per heavy atom. The maximum Gasteiger partial charge on any atom is 0.261 e. The summed E-state index contributed by atoms with van der Waals surface area (Å²) in [6.07, 6.45) is 3.32. The molecule has 0 aliphatic heterocycles. The highest BCUT2D eigenvalue weighted by Crippen LogP contribution is 2.35. The third-order valence-electron chi connectivity index (χ3n) is 4.49. The molecule has 0 radical (unpaired) electrons. The maximum absolute atomic E-state index is 14.1. The molecule has 0 amide bonds. The molecular formula is C20H17F2N5O. The molecule has 2 heterocycles. The quantitative estimate of drug-likeness (QED) is 0.532. The highest BCUT2D eigenvalue weighted by Gasteiger charge is 2.16. The van der Waals surface area contributed by atoms with Gasteiger partial charge in [0.2, 0.25) is 0 Å². The topological polar surface area (TPSA) is 77.9 Å². The summed E-state index contributed by atoms with van der Waals surface area (Å²) in [5, 5.41) is 7.85. The second-order valence-corrected chi connectivity index (χ2v) is 6.58. The smallest absolute Gasteiger partial charge is 0.261 e. The van der Waals surface area contributed by atoms with E-state index < -0.39 is 11.6 Å². The molecule has 2 aromatic heterocycles. The van der Waals surface area contributed by atoms with Gasteiger partial charge in [-0.25, -0.2) is 8.78 Å². The number of fused-ring (bicyclic) bond motifs is 1. The number of nitrogens with one attached hydrogen (secondary N) is 1. The molecule has 0 aliphatic rings. The average molecular weight is 381 g/mol. The number of nitrogen functional groups attached to an aromatic ring is 1. The molecule has 0 bridgehead atoms. The summed E-state index contributed by atoms with van der Waals surface area (Å²) in [5.41, 5.74) is 8.79. The standard InChI is InChI=1S/C20H17F2N5O/c1-26-9-14(19-15(20(26)28)10-27(2)25-19)13-8-12(23)4-6-17(13)24-18-5-3-11(21)7-16(18)22/h3-10,24H,23H2,1-2H3. The molecule has 28 heavy (non-hydrogen) atoms. The Hall–Kier alpha value is -3.68. The number of halogens is 2. The van der Waals surface area contributed by atoms with E-state index >= 15 is 0 Å². The largest absolute Gasteiger partial charge is 0.399 e. The molecule has 4 rings (SSSR count). The van der Waals surface area contributed by atoms with E-state index in [1.54, 1.807) is 49.4 Å². The second kappa shape index (κ2) is 6.49. The second-order valence-electron chi connectivity index (χ2n) is 6.58. The van der Waals surface area contributed by atoms with Crippen molar-refractivity contribution in [3.63, 3.8) is 0 Å². The molecule has 142 valence electrons. The minimum atomic E-state index is -0.716. The van der Waals surface area contributed by atoms with Crippen molar-refractivity contribution in [2.45, 2.75) is 0 Å². The van der Waals surface area contributed by atoms with Crippen LogP contribution in [0.25, 0.3) is 22.0 Å². The van der Waals surface area contributed by atoms with Crippen molar-refractivity contribution < 1.29 is 8.78 Å². The monoisotopic (exact) mass is 381 g/mol. The molecule has 0 fully saturated rings. The van der Waals surface area contributed by atoms with Crippen molar-refractivity contribution in [2.75, 3.05) is 11.1 Å². The van der Waals surface area contributed by atoms with Crippen LogP contribution in [0.4, 0.5) is 25.8 Å². The van der Waals surface area contributed by atoms with Gasteiger partial charge in [-0.15, -0.1) is 0 Å². The molecule has 6 nitrogen and oxygen atoms in total. The molecule has 0 aliphatic carbocycles. The highest BCUT2D eigenvalue weighted by molar-refractivity contribution is 5.97. The fourth-order valence-corrected chi connectivity index (χ4v) is 3.17. The number of benzene rings is 2. The third kappa shape index (κ3) is 2.98. The lowest BCUT2D eigenvalue weighted by Crippen LogP contribution is -2.16. The van der Waals surface area contributed by atoms with Gasteiger partial charge in [0.25, 0.3) is 5.56 Å². The van der Waals surface area contributed by atoms with Crippen LogP contribution in [-0.2, 0) is 14.1 Å². The molecule has 0 saturated carbocycles. The van der Waals surface area contributed by atoms with Crippen LogP contribution in [0.1, 0.15) is 0 Å². The van der Waals surface area contributed by atoms with E-state index in [1.807, 2.05) is 0 Å². The summed E-state index contributed by atoms with van der Waals surface area (Å²) in [5.74, 6) is -1.37. The van der Waals surface area contributed by atoms with Crippen LogP contribution in [0.5, 0.6) is 0 Å². The first-order valence-electron chi connectivity index (χ1n) is 8.48. The van der Waals surface area contributed by atoms with Gasteiger partial charge >= 0.3 is 0 Å². The minimum Gasteiger partial charge on any atom is -0.399 e. The van der Waals surface area contributed by atoms with E-state index in [2.05, 4.69) is 10.4 Å². The number of pyridine rings is 1. The Kier molecular flexibility index (Phi) is 4.11. The lowest BCUT2D eigenvalue weighted by Gasteiger charge is -2.15. The van der Waals surface area contributed by atoms with Crippen LogP contribution in [-0.4, -0.2) is 14.3 Å². The van der Waals surface area contributed by atoms with Crippen LogP contribution in [0.3, 0.4) is 0 Å². The van der Waals surface area contributed by atoms with Gasteiger partial charge < -0.3 is 15.6 Å². The number of anilines is 3. The fraction of sp³-hybridized carbons (Fsp3) is 0.100. The van der Waals surface area contributed by atoms with Crippen molar-refractivity contribution in [3.05, 3.63) is 70.8 Å². The average Bonchev–Trinajstić information content (AvgIpc) is 3.04. The predicted molar refractivity (Wildman–Crippen MR) is 105 cm³/mol. The van der Waals surface area contributed by atoms with Crippen molar-refractivity contribution in [3.8, 4) is 11.1 Å². The van der Waals surface area contributed by atoms with E-state index in [0.29, 0.717) is 33.4 Å². The summed E-state index contributed by atoms with van der Waals surface area (Å²) in [7, 11) is 3.38. The van der Waals surface area contributed by atoms with E-state index in [0.717, 1.165) is 6.07 Å². The van der Waals surface area contributed by atoms with Gasteiger partial charge in [0.15, 0.2) is 0 Å². The van der Waals surface area contributed by atoms with E-state index in [4.69, 9.17) is 5.73 Å². The number of hydrogen-bond acceptors (Lipinski definition) is 4. The third-order valence-corrected chi connectivity index (χ3v) is 4.49. The lowest BCUT2D eigenvalue weighted by atomic mass is 10.0. The number of nitrogens with zero attached hydrogens (tertiary/aromatic N) is 3. The summed E-state index contributed by atoms with van der Waals surface area (Å²) >= 11 is 0. The lowest BCUT2D eigenvalue weighted by molar-refractivity contribution is 0.586. The SMILES string of the molecule is Cn1cc2c(=O)n(C)cc(-c3cc(N)ccc3Nc3ccc(F)cc3F)c2n1. The number of aromatic nitrogens is 3. The first kappa shape index (κ1) is 17.7. The summed E-state index contributed by atoms with van der Waals surface area (Å²) in [6, 6.07) is 8.39. The molecule has 0 unspecified atom stereocenters. The van der Waals surface area contributed by atoms with Crippen LogP contribution in [0.15, 0.2) is 53.6 Å². The van der Waals surface area contributed by atoms with Crippen molar-refractivity contribution in [1.82, 2.24) is 14.3 Å². The van der Waals surface area contributed by atoms with Crippen LogP contribution in [0, 0.1) is 11.6 Å². The number of rotatable bonds is 3. The number of nitrogens with two attached hydrogens (primary N) is 1. The van der Waals surface area contributed by atoms with Crippen molar-refractivity contribution in [2.24, 2.45) is 14.1 Å². The zero-order valence-corrected chi connectivity index (χ0v) is 15.2. The van der Waals surface area contributed by atoms with Gasteiger partial charge in [-0.2, -0.15) is 5.10 Å². The first-order valence-corrected chi connectivity index (χ1v) is 8.48. The normalized spacial score (nSPS) is 11.1. The van der Waals surface area contributed by atoms with Gasteiger partial charge in [-0.1, -0.05) is 0 Å². The fourth-order valence-electron chi connectivity index (χ4n) is 3.17. The highest BCUT2D eigenvalue weighted by atomic mass is 19.1. The number of aryl methyl sites for hydroxylation is 2. The zero-order chi connectivity index (χ0) is 20.0. The Labute approximate surface area is 158 Å². The summed E-state index contributed by atoms with van der Waals surface area (Å²) in [4.78, 5) is 12.4. The van der Waals surface area contributed by atoms with E-state index in [1.165, 1.54) is 16.7 Å². The van der Waals surface area contributed by atoms with Crippen LogP contribution >= 0.6 is 0 Å². The Bertz CT molecular complexity index is 1280. The van der Waals surface area contributed by atoms with Gasteiger partial charge in [0.1, 0.15) is 17.2 Å². The molecular weight excluding hydrogens is 364 g/mol. The zero-order valence-electron chi connectivity index (χ0n) is 15.2. The summed E-state index contributed by atoms with van der Waals surface area (Å²) < 4.78 is 30.4. The molecule has 8 heteroatoms. The number of hydrogen-bond donors (Lipinski definition) is 2. The Morgan fingerprint density at radius 3 is 2.50 bits per heavy atom. The van der Waals surface area contributed by atoms with Gasteiger partial charge in [0.05, 0.1) is 11.1 Å². The molecule has 0 atom stereocenters. The van der Waals surface area contributed by atoms with Gasteiger partial charge in [-0.3, -0.25) is 9.48 Å². The predicted octanol–water partition coefficient (Wildman–Crippen LogP) is 3.54.